The van der Waals surface area contributed by atoms with E-state index in [0.29, 0.717) is 5.15 Å². The van der Waals surface area contributed by atoms with Gasteiger partial charge in [-0.05, 0) is 11.6 Å². The molecule has 0 bridgehead atoms. The summed E-state index contributed by atoms with van der Waals surface area (Å²) in [5.74, 6) is 0. The first-order valence-corrected chi connectivity index (χ1v) is 5.72. The second kappa shape index (κ2) is 4.59. The minimum Gasteiger partial charge on any atom is -0.347 e. The van der Waals surface area contributed by atoms with Gasteiger partial charge in [-0.3, -0.25) is 4.98 Å². The van der Waals surface area contributed by atoms with Crippen molar-refractivity contribution < 1.29 is 0 Å². The van der Waals surface area contributed by atoms with Crippen LogP contribution in [0.15, 0.2) is 29.9 Å². The molecule has 0 saturated carbocycles. The Balaban J connectivity index is 2.07. The molecule has 0 saturated heterocycles. The Morgan fingerprint density at radius 2 is 2.40 bits per heavy atom. The maximum Gasteiger partial charge on any atom is 0.186 e. The molecule has 3 nitrogen and oxygen atoms in total. The maximum atomic E-state index is 5.77. The molecule has 0 aliphatic rings. The van der Waals surface area contributed by atoms with Crippen LogP contribution < -0.4 is 4.90 Å². The average Bonchev–Trinajstić information content (AvgIpc) is 2.66. The summed E-state index contributed by atoms with van der Waals surface area (Å²) in [7, 11) is 1.99. The Morgan fingerprint density at radius 1 is 1.53 bits per heavy atom. The Bertz CT molecular complexity index is 429. The van der Waals surface area contributed by atoms with Crippen LogP contribution in [0.1, 0.15) is 5.56 Å². The highest BCUT2D eigenvalue weighted by atomic mass is 35.5. The van der Waals surface area contributed by atoms with E-state index in [1.165, 1.54) is 11.3 Å². The van der Waals surface area contributed by atoms with Gasteiger partial charge in [-0.1, -0.05) is 17.7 Å². The average molecular weight is 240 g/mol. The van der Waals surface area contributed by atoms with Crippen LogP contribution in [0, 0.1) is 0 Å². The van der Waals surface area contributed by atoms with Gasteiger partial charge in [-0.2, -0.15) is 0 Å². The van der Waals surface area contributed by atoms with E-state index in [1.54, 1.807) is 6.20 Å². The quantitative estimate of drug-likeness (QED) is 0.825. The van der Waals surface area contributed by atoms with E-state index in [2.05, 4.69) is 9.97 Å². The lowest BCUT2D eigenvalue weighted by molar-refractivity contribution is 0.907. The summed E-state index contributed by atoms with van der Waals surface area (Å²) in [6.45, 7) is 0.789. The molecule has 2 aromatic heterocycles. The molecule has 0 aliphatic carbocycles. The Morgan fingerprint density at radius 3 is 3.00 bits per heavy atom. The highest BCUT2D eigenvalue weighted by Crippen LogP contribution is 2.23. The Labute approximate surface area is 97.4 Å². The van der Waals surface area contributed by atoms with Crippen molar-refractivity contribution in [2.75, 3.05) is 11.9 Å². The second-order valence-electron chi connectivity index (χ2n) is 3.17. The lowest BCUT2D eigenvalue weighted by atomic mass is 10.3. The van der Waals surface area contributed by atoms with Crippen LogP contribution in [0.4, 0.5) is 5.13 Å². The summed E-state index contributed by atoms with van der Waals surface area (Å²) in [6, 6.07) is 3.97. The SMILES string of the molecule is CN(Cc1cccnc1)c1nc(Cl)cs1. The zero-order valence-corrected chi connectivity index (χ0v) is 9.79. The Hall–Kier alpha value is -1.13. The fourth-order valence-electron chi connectivity index (χ4n) is 1.25. The number of rotatable bonds is 3. The smallest absolute Gasteiger partial charge is 0.186 e. The van der Waals surface area contributed by atoms with E-state index in [-0.39, 0.29) is 0 Å². The summed E-state index contributed by atoms with van der Waals surface area (Å²) in [5.41, 5.74) is 1.16. The van der Waals surface area contributed by atoms with Crippen LogP contribution in [0.2, 0.25) is 5.15 Å². The highest BCUT2D eigenvalue weighted by Gasteiger charge is 2.06. The fourth-order valence-corrected chi connectivity index (χ4v) is 2.17. The van der Waals surface area contributed by atoms with E-state index >= 15 is 0 Å². The monoisotopic (exact) mass is 239 g/mol. The van der Waals surface area contributed by atoms with Crippen LogP contribution in [0.3, 0.4) is 0 Å². The molecule has 2 rings (SSSR count). The molecule has 2 aromatic rings. The number of nitrogens with zero attached hydrogens (tertiary/aromatic N) is 3. The highest BCUT2D eigenvalue weighted by molar-refractivity contribution is 7.14. The molecular formula is C10H10ClN3S. The standard InChI is InChI=1S/C10H10ClN3S/c1-14(10-13-9(11)7-15-10)6-8-3-2-4-12-5-8/h2-5,7H,6H2,1H3. The number of hydrogen-bond donors (Lipinski definition) is 0. The van der Waals surface area contributed by atoms with Gasteiger partial charge in [-0.25, -0.2) is 4.98 Å². The molecule has 0 unspecified atom stereocenters. The third kappa shape index (κ3) is 2.67. The van der Waals surface area contributed by atoms with E-state index in [4.69, 9.17) is 11.6 Å². The summed E-state index contributed by atoms with van der Waals surface area (Å²) >= 11 is 7.31. The van der Waals surface area contributed by atoms with Crippen LogP contribution in [0.25, 0.3) is 0 Å². The van der Waals surface area contributed by atoms with E-state index in [0.717, 1.165) is 17.2 Å². The Kier molecular flexibility index (Phi) is 3.18. The van der Waals surface area contributed by atoms with Gasteiger partial charge >= 0.3 is 0 Å². The third-order valence-electron chi connectivity index (χ3n) is 1.93. The molecule has 0 spiro atoms. The molecule has 0 fully saturated rings. The zero-order valence-electron chi connectivity index (χ0n) is 8.22. The molecule has 2 heterocycles. The summed E-state index contributed by atoms with van der Waals surface area (Å²) in [6.07, 6.45) is 3.62. The molecule has 5 heteroatoms. The predicted molar refractivity (Wildman–Crippen MR) is 63.5 cm³/mol. The van der Waals surface area contributed by atoms with Crippen molar-refractivity contribution in [1.29, 1.82) is 0 Å². The van der Waals surface area contributed by atoms with Gasteiger partial charge in [-0.15, -0.1) is 11.3 Å². The summed E-state index contributed by atoms with van der Waals surface area (Å²) in [5, 5.41) is 3.30. The summed E-state index contributed by atoms with van der Waals surface area (Å²) in [4.78, 5) is 10.3. The molecule has 0 aromatic carbocycles. The number of hydrogen-bond acceptors (Lipinski definition) is 4. The number of halogens is 1. The maximum absolute atomic E-state index is 5.77. The lowest BCUT2D eigenvalue weighted by Crippen LogP contribution is -2.15. The van der Waals surface area contributed by atoms with Crippen LogP contribution >= 0.6 is 22.9 Å². The topological polar surface area (TPSA) is 29.0 Å². The first-order valence-electron chi connectivity index (χ1n) is 4.47. The van der Waals surface area contributed by atoms with Crippen molar-refractivity contribution in [2.45, 2.75) is 6.54 Å². The largest absolute Gasteiger partial charge is 0.347 e. The first-order chi connectivity index (χ1) is 7.25. The van der Waals surface area contributed by atoms with Gasteiger partial charge in [0.05, 0.1) is 0 Å². The molecular weight excluding hydrogens is 230 g/mol. The molecule has 0 radical (unpaired) electrons. The van der Waals surface area contributed by atoms with Gasteiger partial charge in [0.2, 0.25) is 0 Å². The molecule has 0 amide bonds. The van der Waals surface area contributed by atoms with Gasteiger partial charge in [0, 0.05) is 31.4 Å². The number of pyridine rings is 1. The number of anilines is 1. The number of thiazole rings is 1. The number of aromatic nitrogens is 2. The van der Waals surface area contributed by atoms with Crippen molar-refractivity contribution in [3.8, 4) is 0 Å². The van der Waals surface area contributed by atoms with Crippen molar-refractivity contribution in [1.82, 2.24) is 9.97 Å². The van der Waals surface area contributed by atoms with Crippen molar-refractivity contribution in [3.63, 3.8) is 0 Å². The summed E-state index contributed by atoms with van der Waals surface area (Å²) < 4.78 is 0. The van der Waals surface area contributed by atoms with E-state index < -0.39 is 0 Å². The first kappa shape index (κ1) is 10.4. The van der Waals surface area contributed by atoms with Gasteiger partial charge in [0.1, 0.15) is 5.15 Å². The zero-order chi connectivity index (χ0) is 10.7. The normalized spacial score (nSPS) is 10.3. The minimum absolute atomic E-state index is 0.549. The van der Waals surface area contributed by atoms with Crippen LogP contribution in [0.5, 0.6) is 0 Å². The molecule has 15 heavy (non-hydrogen) atoms. The van der Waals surface area contributed by atoms with Crippen LogP contribution in [-0.4, -0.2) is 17.0 Å². The van der Waals surface area contributed by atoms with E-state index in [9.17, 15) is 0 Å². The van der Waals surface area contributed by atoms with Gasteiger partial charge in [0.15, 0.2) is 5.13 Å². The molecule has 0 aliphatic heterocycles. The molecule has 0 N–H and O–H groups in total. The van der Waals surface area contributed by atoms with Gasteiger partial charge in [0.25, 0.3) is 0 Å². The second-order valence-corrected chi connectivity index (χ2v) is 4.39. The van der Waals surface area contributed by atoms with Gasteiger partial charge < -0.3 is 4.90 Å². The van der Waals surface area contributed by atoms with Crippen molar-refractivity contribution >= 4 is 28.1 Å². The lowest BCUT2D eigenvalue weighted by Gasteiger charge is -2.14. The predicted octanol–water partition coefficient (Wildman–Crippen LogP) is 2.83. The molecule has 0 atom stereocenters. The van der Waals surface area contributed by atoms with Crippen molar-refractivity contribution in [3.05, 3.63) is 40.6 Å². The fraction of sp³-hybridized carbons (Fsp3) is 0.200. The van der Waals surface area contributed by atoms with E-state index in [1.807, 2.05) is 35.7 Å². The van der Waals surface area contributed by atoms with Crippen molar-refractivity contribution in [2.24, 2.45) is 0 Å². The van der Waals surface area contributed by atoms with Crippen LogP contribution in [-0.2, 0) is 6.54 Å². The minimum atomic E-state index is 0.549. The third-order valence-corrected chi connectivity index (χ3v) is 3.21. The molecule has 78 valence electrons.